The van der Waals surface area contributed by atoms with Crippen molar-refractivity contribution in [1.29, 1.82) is 0 Å². The maximum absolute atomic E-state index is 4.50. The first-order valence-corrected chi connectivity index (χ1v) is 5.77. The van der Waals surface area contributed by atoms with Gasteiger partial charge in [0.2, 0.25) is 0 Å². The summed E-state index contributed by atoms with van der Waals surface area (Å²) in [7, 11) is 3.00. The van der Waals surface area contributed by atoms with Crippen molar-refractivity contribution in [3.05, 3.63) is 59.7 Å². The third-order valence-electron chi connectivity index (χ3n) is 2.71. The van der Waals surface area contributed by atoms with Gasteiger partial charge in [-0.25, -0.2) is 0 Å². The molecule has 2 aromatic rings. The average Bonchev–Trinajstić information content (AvgIpc) is 2.82. The van der Waals surface area contributed by atoms with E-state index in [1.807, 2.05) is 0 Å². The summed E-state index contributed by atoms with van der Waals surface area (Å²) in [6, 6.07) is 17.3. The van der Waals surface area contributed by atoms with Crippen molar-refractivity contribution in [2.75, 3.05) is 14.1 Å². The number of benzene rings is 2. The van der Waals surface area contributed by atoms with E-state index in [4.69, 9.17) is 0 Å². The van der Waals surface area contributed by atoms with Crippen molar-refractivity contribution in [1.82, 2.24) is 0 Å². The molecule has 17 heavy (non-hydrogen) atoms. The second-order valence-corrected chi connectivity index (χ2v) is 3.49. The molecular formula is C15H20N2. The van der Waals surface area contributed by atoms with Crippen LogP contribution in [0, 0.1) is 0 Å². The summed E-state index contributed by atoms with van der Waals surface area (Å²) in [6.45, 7) is 0. The predicted molar refractivity (Wildman–Crippen MR) is 74.9 cm³/mol. The highest BCUT2D eigenvalue weighted by Crippen LogP contribution is 2.35. The van der Waals surface area contributed by atoms with Gasteiger partial charge >= 0.3 is 0 Å². The van der Waals surface area contributed by atoms with E-state index < -0.39 is 0 Å². The molecule has 0 radical (unpaired) electrons. The second-order valence-electron chi connectivity index (χ2n) is 3.49. The first-order chi connectivity index (χ1) is 8.45. The van der Waals surface area contributed by atoms with E-state index in [1.165, 1.54) is 36.3 Å². The van der Waals surface area contributed by atoms with Crippen LogP contribution in [0.4, 0.5) is 0 Å². The Balaban J connectivity index is 0.000000330. The smallest absolute Gasteiger partial charge is 0.00135 e. The summed E-state index contributed by atoms with van der Waals surface area (Å²) in [5, 5.41) is 0. The van der Waals surface area contributed by atoms with Crippen LogP contribution in [0.1, 0.15) is 11.1 Å². The second kappa shape index (κ2) is 6.84. The van der Waals surface area contributed by atoms with Gasteiger partial charge in [0.15, 0.2) is 0 Å². The quantitative estimate of drug-likeness (QED) is 0.621. The summed E-state index contributed by atoms with van der Waals surface area (Å²) in [5.41, 5.74) is 14.8. The summed E-state index contributed by atoms with van der Waals surface area (Å²) >= 11 is 0. The fourth-order valence-corrected chi connectivity index (χ4v) is 2.08. The highest BCUT2D eigenvalue weighted by molar-refractivity contribution is 5.76. The fourth-order valence-electron chi connectivity index (χ4n) is 2.08. The molecule has 2 aromatic carbocycles. The molecule has 0 atom stereocenters. The Kier molecular flexibility index (Phi) is 5.40. The molecule has 90 valence electrons. The minimum absolute atomic E-state index is 1.10. The monoisotopic (exact) mass is 228 g/mol. The van der Waals surface area contributed by atoms with Gasteiger partial charge in [-0.05, 0) is 42.8 Å². The van der Waals surface area contributed by atoms with Gasteiger partial charge in [-0.3, -0.25) is 0 Å². The molecule has 1 aliphatic carbocycles. The Bertz CT molecular complexity index is 420. The van der Waals surface area contributed by atoms with Crippen molar-refractivity contribution in [3.8, 4) is 11.1 Å². The normalized spacial score (nSPS) is 10.1. The number of hydrogen-bond acceptors (Lipinski definition) is 2. The molecule has 0 heterocycles. The average molecular weight is 228 g/mol. The van der Waals surface area contributed by atoms with Crippen molar-refractivity contribution in [3.63, 3.8) is 0 Å². The van der Waals surface area contributed by atoms with Crippen LogP contribution in [-0.4, -0.2) is 14.1 Å². The lowest BCUT2D eigenvalue weighted by molar-refractivity contribution is 1.26. The van der Waals surface area contributed by atoms with Crippen LogP contribution in [0.3, 0.4) is 0 Å². The highest BCUT2D eigenvalue weighted by Gasteiger charge is 2.15. The van der Waals surface area contributed by atoms with Gasteiger partial charge in [0.25, 0.3) is 0 Å². The molecule has 0 spiro atoms. The SMILES string of the molecule is CN.CN.c1ccc2c(c1)Cc1ccccc1-2. The third-order valence-corrected chi connectivity index (χ3v) is 2.71. The van der Waals surface area contributed by atoms with Crippen LogP contribution in [-0.2, 0) is 6.42 Å². The molecule has 0 bridgehead atoms. The van der Waals surface area contributed by atoms with E-state index in [9.17, 15) is 0 Å². The standard InChI is InChI=1S/C13H10.2CH5N/c1-3-7-12-10(5-1)9-11-6-2-4-8-13(11)12;2*1-2/h1-8H,9H2;2*2H2,1H3. The number of nitrogens with two attached hydrogens (primary N) is 2. The first kappa shape index (κ1) is 13.4. The molecule has 2 heteroatoms. The molecule has 2 nitrogen and oxygen atoms in total. The van der Waals surface area contributed by atoms with Gasteiger partial charge in [-0.15, -0.1) is 0 Å². The summed E-state index contributed by atoms with van der Waals surface area (Å²) in [5.74, 6) is 0. The Morgan fingerprint density at radius 2 is 1.00 bits per heavy atom. The topological polar surface area (TPSA) is 52.0 Å². The van der Waals surface area contributed by atoms with Gasteiger partial charge in [0, 0.05) is 0 Å². The molecule has 0 saturated heterocycles. The molecule has 1 aliphatic rings. The van der Waals surface area contributed by atoms with Gasteiger partial charge in [0.1, 0.15) is 0 Å². The van der Waals surface area contributed by atoms with Gasteiger partial charge in [0.05, 0.1) is 0 Å². The zero-order chi connectivity index (χ0) is 12.7. The maximum Gasteiger partial charge on any atom is -0.00135 e. The number of hydrogen-bond donors (Lipinski definition) is 2. The lowest BCUT2D eigenvalue weighted by atomic mass is 10.1. The van der Waals surface area contributed by atoms with E-state index in [1.54, 1.807) is 0 Å². The van der Waals surface area contributed by atoms with Crippen LogP contribution in [0.2, 0.25) is 0 Å². The Hall–Kier alpha value is -1.64. The first-order valence-electron chi connectivity index (χ1n) is 5.77. The molecule has 0 aromatic heterocycles. The highest BCUT2D eigenvalue weighted by atomic mass is 14.4. The van der Waals surface area contributed by atoms with Gasteiger partial charge in [-0.1, -0.05) is 48.5 Å². The molecule has 0 unspecified atom stereocenters. The lowest BCUT2D eigenvalue weighted by Gasteiger charge is -1.98. The lowest BCUT2D eigenvalue weighted by Crippen LogP contribution is -1.77. The molecule has 0 saturated carbocycles. The number of rotatable bonds is 0. The third kappa shape index (κ3) is 2.73. The summed E-state index contributed by atoms with van der Waals surface area (Å²) < 4.78 is 0. The van der Waals surface area contributed by atoms with Gasteiger partial charge < -0.3 is 11.5 Å². The molecule has 0 amide bonds. The van der Waals surface area contributed by atoms with Gasteiger partial charge in [-0.2, -0.15) is 0 Å². The van der Waals surface area contributed by atoms with Crippen molar-refractivity contribution in [2.45, 2.75) is 6.42 Å². The Labute approximate surface area is 103 Å². The largest absolute Gasteiger partial charge is 0.333 e. The molecule has 3 rings (SSSR count). The van der Waals surface area contributed by atoms with Crippen LogP contribution in [0.5, 0.6) is 0 Å². The van der Waals surface area contributed by atoms with Crippen molar-refractivity contribution in [2.24, 2.45) is 11.5 Å². The van der Waals surface area contributed by atoms with Crippen molar-refractivity contribution >= 4 is 0 Å². The minimum atomic E-state index is 1.10. The molecular weight excluding hydrogens is 208 g/mol. The molecule has 0 aliphatic heterocycles. The zero-order valence-corrected chi connectivity index (χ0v) is 10.5. The predicted octanol–water partition coefficient (Wildman–Crippen LogP) is 2.41. The van der Waals surface area contributed by atoms with E-state index >= 15 is 0 Å². The van der Waals surface area contributed by atoms with E-state index in [0.29, 0.717) is 0 Å². The fraction of sp³-hybridized carbons (Fsp3) is 0.200. The van der Waals surface area contributed by atoms with E-state index in [2.05, 4.69) is 60.0 Å². The van der Waals surface area contributed by atoms with E-state index in [-0.39, 0.29) is 0 Å². The summed E-state index contributed by atoms with van der Waals surface area (Å²) in [6.07, 6.45) is 1.10. The molecule has 0 fully saturated rings. The van der Waals surface area contributed by atoms with E-state index in [0.717, 1.165) is 6.42 Å². The molecule has 4 N–H and O–H groups in total. The zero-order valence-electron chi connectivity index (χ0n) is 10.5. The van der Waals surface area contributed by atoms with Crippen LogP contribution < -0.4 is 11.5 Å². The Morgan fingerprint density at radius 1 is 0.647 bits per heavy atom. The minimum Gasteiger partial charge on any atom is -0.333 e. The maximum atomic E-state index is 4.50. The number of fused-ring (bicyclic) bond motifs is 3. The Morgan fingerprint density at radius 3 is 1.41 bits per heavy atom. The van der Waals surface area contributed by atoms with Crippen LogP contribution in [0.15, 0.2) is 48.5 Å². The van der Waals surface area contributed by atoms with Crippen LogP contribution >= 0.6 is 0 Å². The van der Waals surface area contributed by atoms with Crippen molar-refractivity contribution < 1.29 is 0 Å². The summed E-state index contributed by atoms with van der Waals surface area (Å²) in [4.78, 5) is 0. The van der Waals surface area contributed by atoms with Crippen LogP contribution in [0.25, 0.3) is 11.1 Å².